The Morgan fingerprint density at radius 2 is 1.48 bits per heavy atom. The maximum Gasteiger partial charge on any atom is 0.0958 e. The van der Waals surface area contributed by atoms with Crippen LogP contribution in [0.15, 0.2) is 35.5 Å². The Balaban J connectivity index is 1.64. The van der Waals surface area contributed by atoms with Crippen LogP contribution in [0.1, 0.15) is 56.4 Å². The summed E-state index contributed by atoms with van der Waals surface area (Å²) < 4.78 is 0. The first-order valence-corrected chi connectivity index (χ1v) is 12.8. The van der Waals surface area contributed by atoms with Crippen molar-refractivity contribution < 1.29 is 0 Å². The van der Waals surface area contributed by atoms with E-state index < -0.39 is 0 Å². The van der Waals surface area contributed by atoms with Crippen molar-refractivity contribution in [1.82, 2.24) is 19.6 Å². The molecule has 1 aromatic rings. The van der Waals surface area contributed by atoms with E-state index in [2.05, 4.69) is 90.9 Å². The lowest BCUT2D eigenvalue weighted by Crippen LogP contribution is -2.47. The summed E-state index contributed by atoms with van der Waals surface area (Å²) in [5.41, 5.74) is 8.07. The minimum Gasteiger partial charge on any atom is -0.372 e. The van der Waals surface area contributed by atoms with Gasteiger partial charge >= 0.3 is 0 Å². The Morgan fingerprint density at radius 3 is 2.09 bits per heavy atom. The van der Waals surface area contributed by atoms with Gasteiger partial charge in [-0.25, -0.2) is 0 Å². The van der Waals surface area contributed by atoms with Crippen LogP contribution in [0.2, 0.25) is 0 Å². The van der Waals surface area contributed by atoms with Crippen molar-refractivity contribution in [1.29, 1.82) is 0 Å². The fraction of sp³-hybridized carbons (Fsp3) is 0.607. The number of hydrogen-bond acceptors (Lipinski definition) is 4. The molecule has 0 aromatic heterocycles. The second-order valence-corrected chi connectivity index (χ2v) is 9.55. The Kier molecular flexibility index (Phi) is 9.02. The average molecular weight is 452 g/mol. The summed E-state index contributed by atoms with van der Waals surface area (Å²) in [5, 5.41) is 0. The molecule has 33 heavy (non-hydrogen) atoms. The molecule has 0 atom stereocenters. The molecule has 2 fully saturated rings. The highest BCUT2D eigenvalue weighted by Crippen LogP contribution is 2.27. The van der Waals surface area contributed by atoms with Crippen molar-refractivity contribution in [3.8, 4) is 0 Å². The topological polar surface area (TPSA) is 25.3 Å². The fourth-order valence-electron chi connectivity index (χ4n) is 5.10. The van der Waals surface area contributed by atoms with E-state index in [0.29, 0.717) is 0 Å². The molecule has 5 nitrogen and oxygen atoms in total. The first kappa shape index (κ1) is 25.4. The number of aryl methyl sites for hydroxylation is 2. The fourth-order valence-corrected chi connectivity index (χ4v) is 5.10. The third kappa shape index (κ3) is 6.41. The molecule has 1 aromatic carbocycles. The summed E-state index contributed by atoms with van der Waals surface area (Å²) >= 11 is 0. The monoisotopic (exact) mass is 451 g/mol. The summed E-state index contributed by atoms with van der Waals surface area (Å²) in [5.74, 6) is 1.18. The van der Waals surface area contributed by atoms with Gasteiger partial charge in [-0.05, 0) is 63.8 Å². The minimum atomic E-state index is 0.866. The van der Waals surface area contributed by atoms with Gasteiger partial charge in [0, 0.05) is 82.4 Å². The lowest BCUT2D eigenvalue weighted by Gasteiger charge is -2.39. The van der Waals surface area contributed by atoms with E-state index in [9.17, 15) is 0 Å². The van der Waals surface area contributed by atoms with Gasteiger partial charge < -0.3 is 14.7 Å². The predicted molar refractivity (Wildman–Crippen MR) is 143 cm³/mol. The number of amidine groups is 1. The molecule has 0 N–H and O–H groups in total. The van der Waals surface area contributed by atoms with Crippen molar-refractivity contribution in [3.05, 3.63) is 52.7 Å². The molecule has 0 saturated carbocycles. The summed E-state index contributed by atoms with van der Waals surface area (Å²) in [7, 11) is 0. The Morgan fingerprint density at radius 1 is 0.879 bits per heavy atom. The molecule has 0 bridgehead atoms. The van der Waals surface area contributed by atoms with Crippen LogP contribution in [-0.2, 0) is 6.54 Å². The molecule has 2 aliphatic heterocycles. The molecule has 5 heteroatoms. The lowest BCUT2D eigenvalue weighted by molar-refractivity contribution is 0.174. The van der Waals surface area contributed by atoms with Crippen LogP contribution in [0.5, 0.6) is 0 Å². The van der Waals surface area contributed by atoms with E-state index in [1.807, 2.05) is 0 Å². The molecule has 0 unspecified atom stereocenters. The smallest absolute Gasteiger partial charge is 0.0958 e. The SMILES string of the molecule is C=C(c1cc(CN2CCN(C(C)=NCC)CC2)c(C)cc1C)N1CCN(/C(C)=C/CC)CC1. The van der Waals surface area contributed by atoms with Crippen molar-refractivity contribution in [2.45, 2.75) is 54.5 Å². The van der Waals surface area contributed by atoms with E-state index in [1.165, 1.54) is 39.5 Å². The number of aliphatic imine (C=N–C) groups is 1. The van der Waals surface area contributed by atoms with Gasteiger partial charge in [0.05, 0.1) is 5.84 Å². The maximum atomic E-state index is 4.58. The lowest BCUT2D eigenvalue weighted by atomic mass is 9.97. The Hall–Kier alpha value is -2.27. The van der Waals surface area contributed by atoms with Gasteiger partial charge in [-0.3, -0.25) is 9.89 Å². The molecule has 0 radical (unpaired) electrons. The largest absolute Gasteiger partial charge is 0.372 e. The molecular weight excluding hydrogens is 406 g/mol. The van der Waals surface area contributed by atoms with Crippen molar-refractivity contribution in [2.24, 2.45) is 4.99 Å². The summed E-state index contributed by atoms with van der Waals surface area (Å²) in [6.45, 7) is 28.1. The van der Waals surface area contributed by atoms with Gasteiger partial charge in [-0.15, -0.1) is 0 Å². The van der Waals surface area contributed by atoms with Crippen LogP contribution in [0.4, 0.5) is 0 Å². The first-order chi connectivity index (χ1) is 15.8. The van der Waals surface area contributed by atoms with Gasteiger partial charge in [0.25, 0.3) is 0 Å². The predicted octanol–water partition coefficient (Wildman–Crippen LogP) is 4.76. The summed E-state index contributed by atoms with van der Waals surface area (Å²) in [6.07, 6.45) is 3.43. The van der Waals surface area contributed by atoms with Gasteiger partial charge in [-0.1, -0.05) is 25.6 Å². The zero-order valence-corrected chi connectivity index (χ0v) is 22.0. The van der Waals surface area contributed by atoms with Crippen molar-refractivity contribution in [3.63, 3.8) is 0 Å². The molecule has 2 heterocycles. The highest BCUT2D eigenvalue weighted by molar-refractivity contribution is 5.79. The molecule has 182 valence electrons. The second-order valence-electron chi connectivity index (χ2n) is 9.55. The van der Waals surface area contributed by atoms with E-state index >= 15 is 0 Å². The van der Waals surface area contributed by atoms with E-state index in [1.54, 1.807) is 0 Å². The third-order valence-corrected chi connectivity index (χ3v) is 7.26. The van der Waals surface area contributed by atoms with Crippen LogP contribution in [0, 0.1) is 13.8 Å². The second kappa shape index (κ2) is 11.7. The van der Waals surface area contributed by atoms with E-state index in [4.69, 9.17) is 0 Å². The number of piperazine rings is 2. The van der Waals surface area contributed by atoms with Crippen molar-refractivity contribution >= 4 is 11.5 Å². The molecule has 3 rings (SSSR count). The normalized spacial score (nSPS) is 18.8. The number of benzene rings is 1. The summed E-state index contributed by atoms with van der Waals surface area (Å²) in [4.78, 5) is 14.6. The van der Waals surface area contributed by atoms with Crippen LogP contribution in [-0.4, -0.2) is 84.3 Å². The summed E-state index contributed by atoms with van der Waals surface area (Å²) in [6, 6.07) is 4.77. The zero-order chi connectivity index (χ0) is 24.0. The number of hydrogen-bond donors (Lipinski definition) is 0. The minimum absolute atomic E-state index is 0.866. The average Bonchev–Trinajstić information content (AvgIpc) is 2.81. The molecule has 0 amide bonds. The van der Waals surface area contributed by atoms with Crippen LogP contribution in [0.25, 0.3) is 5.70 Å². The third-order valence-electron chi connectivity index (χ3n) is 7.26. The van der Waals surface area contributed by atoms with E-state index in [-0.39, 0.29) is 0 Å². The van der Waals surface area contributed by atoms with Crippen LogP contribution in [0.3, 0.4) is 0 Å². The molecule has 0 aliphatic carbocycles. The Bertz CT molecular complexity index is 869. The van der Waals surface area contributed by atoms with Crippen LogP contribution >= 0.6 is 0 Å². The molecular formula is C28H45N5. The van der Waals surface area contributed by atoms with Crippen LogP contribution < -0.4 is 0 Å². The highest BCUT2D eigenvalue weighted by atomic mass is 15.3. The van der Waals surface area contributed by atoms with Gasteiger partial charge in [0.1, 0.15) is 0 Å². The quantitative estimate of drug-likeness (QED) is 0.441. The van der Waals surface area contributed by atoms with Crippen molar-refractivity contribution in [2.75, 3.05) is 58.9 Å². The number of rotatable bonds is 7. The standard InChI is InChI=1S/C28H45N5/c1-8-10-24(5)31-15-17-32(18-16-31)25(6)28-20-27(22(3)19-23(28)4)21-30-11-13-33(14-12-30)26(7)29-9-2/h10,19-20H,6,8-9,11-18,21H2,1-5,7H3/b24-10+,29-26?. The van der Waals surface area contributed by atoms with E-state index in [0.717, 1.165) is 71.9 Å². The molecule has 2 saturated heterocycles. The van der Waals surface area contributed by atoms with Gasteiger partial charge in [0.15, 0.2) is 0 Å². The zero-order valence-electron chi connectivity index (χ0n) is 22.0. The number of nitrogens with zero attached hydrogens (tertiary/aromatic N) is 5. The first-order valence-electron chi connectivity index (χ1n) is 12.8. The number of allylic oxidation sites excluding steroid dienone is 2. The highest BCUT2D eigenvalue weighted by Gasteiger charge is 2.22. The molecule has 2 aliphatic rings. The maximum absolute atomic E-state index is 4.58. The molecule has 0 spiro atoms. The van der Waals surface area contributed by atoms with Gasteiger partial charge in [-0.2, -0.15) is 0 Å². The Labute approximate surface area is 202 Å². The van der Waals surface area contributed by atoms with Gasteiger partial charge in [0.2, 0.25) is 0 Å².